The van der Waals surface area contributed by atoms with Gasteiger partial charge in [-0.2, -0.15) is 4.90 Å². The van der Waals surface area contributed by atoms with Crippen LogP contribution >= 0.6 is 0 Å². The Morgan fingerprint density at radius 2 is 1.76 bits per heavy atom. The lowest BCUT2D eigenvalue weighted by molar-refractivity contribution is -0.131. The van der Waals surface area contributed by atoms with E-state index in [-0.39, 0.29) is 51.7 Å². The van der Waals surface area contributed by atoms with Gasteiger partial charge in [-0.25, -0.2) is 31.8 Å². The van der Waals surface area contributed by atoms with Gasteiger partial charge in [0.1, 0.15) is 28.2 Å². The molecular weight excluding hydrogens is 725 g/mol. The summed E-state index contributed by atoms with van der Waals surface area (Å²) >= 11 is 0. The van der Waals surface area contributed by atoms with E-state index < -0.39 is 67.2 Å². The highest BCUT2D eigenvalue weighted by molar-refractivity contribution is 7.92. The number of imide groups is 1. The number of carbonyl (C=O) groups is 3. The number of fused-ring (bicyclic) bond motifs is 1. The molecule has 288 valence electrons. The Bertz CT molecular complexity index is 2240. The van der Waals surface area contributed by atoms with Gasteiger partial charge in [-0.1, -0.05) is 25.1 Å². The fourth-order valence-corrected chi connectivity index (χ4v) is 8.17. The molecule has 0 aliphatic heterocycles. The van der Waals surface area contributed by atoms with Gasteiger partial charge in [0.05, 0.1) is 10.6 Å². The van der Waals surface area contributed by atoms with Gasteiger partial charge in [-0.15, -0.1) is 0 Å². The van der Waals surface area contributed by atoms with E-state index in [1.807, 2.05) is 13.8 Å². The number of anilines is 3. The van der Waals surface area contributed by atoms with Crippen LogP contribution in [0.3, 0.4) is 0 Å². The number of hydrogen-bond donors (Lipinski definition) is 4. The lowest BCUT2D eigenvalue weighted by Crippen LogP contribution is -2.40. The normalized spacial score (nSPS) is 14.3. The minimum absolute atomic E-state index is 0.00190. The van der Waals surface area contributed by atoms with Crippen LogP contribution in [0.25, 0.3) is 10.8 Å². The molecule has 0 spiro atoms. The SMILES string of the molecule is Cc1cc(C(Nc2cc(F)c3c(N(C(=O)O)C(=O)OC(C)(C)C)nccc3c2)C(=O)N(C)Cc2cc(N)cc(F)c2S(=O)(=O)C2CC2)ccc1[C@@H](C)CO. The molecular formula is C38H43F2N5O8S. The van der Waals surface area contributed by atoms with Crippen molar-refractivity contribution in [2.75, 3.05) is 29.6 Å². The second-order valence-corrected chi connectivity index (χ2v) is 16.7. The zero-order chi connectivity index (χ0) is 39.9. The number of benzene rings is 3. The molecule has 1 aliphatic rings. The molecule has 1 unspecified atom stereocenters. The summed E-state index contributed by atoms with van der Waals surface area (Å²) in [7, 11) is -2.62. The molecule has 4 aromatic rings. The topological polar surface area (TPSA) is 192 Å². The number of halogens is 2. The summed E-state index contributed by atoms with van der Waals surface area (Å²) in [5, 5.41) is 21.8. The van der Waals surface area contributed by atoms with Crippen molar-refractivity contribution in [1.29, 1.82) is 0 Å². The van der Waals surface area contributed by atoms with Crippen molar-refractivity contribution >= 4 is 55.9 Å². The van der Waals surface area contributed by atoms with Gasteiger partial charge in [-0.3, -0.25) is 4.79 Å². The smallest absolute Gasteiger partial charge is 0.425 e. The highest BCUT2D eigenvalue weighted by atomic mass is 32.2. The van der Waals surface area contributed by atoms with E-state index in [1.165, 1.54) is 36.3 Å². The van der Waals surface area contributed by atoms with Gasteiger partial charge in [0.2, 0.25) is 5.91 Å². The number of aliphatic hydroxyl groups excluding tert-OH is 1. The Kier molecular flexibility index (Phi) is 11.2. The van der Waals surface area contributed by atoms with Crippen LogP contribution in [-0.2, 0) is 25.9 Å². The summed E-state index contributed by atoms with van der Waals surface area (Å²) in [5.74, 6) is -3.32. The summed E-state index contributed by atoms with van der Waals surface area (Å²) in [5.41, 5.74) is 6.92. The van der Waals surface area contributed by atoms with Crippen molar-refractivity contribution in [3.63, 3.8) is 0 Å². The number of rotatable bonds is 11. The van der Waals surface area contributed by atoms with E-state index in [0.717, 1.165) is 23.3 Å². The van der Waals surface area contributed by atoms with Crippen molar-refractivity contribution in [2.45, 2.75) is 81.7 Å². The molecule has 13 nitrogen and oxygen atoms in total. The predicted molar refractivity (Wildman–Crippen MR) is 199 cm³/mol. The maximum atomic E-state index is 16.1. The van der Waals surface area contributed by atoms with Crippen LogP contribution in [0.5, 0.6) is 0 Å². The fourth-order valence-electron chi connectivity index (χ4n) is 6.26. The molecule has 1 heterocycles. The van der Waals surface area contributed by atoms with Gasteiger partial charge < -0.3 is 30.9 Å². The van der Waals surface area contributed by atoms with E-state index in [2.05, 4.69) is 10.3 Å². The number of carbonyl (C=O) groups excluding carboxylic acids is 2. The van der Waals surface area contributed by atoms with Crippen LogP contribution < -0.4 is 16.0 Å². The zero-order valence-electron chi connectivity index (χ0n) is 30.7. The minimum atomic E-state index is -4.03. The van der Waals surface area contributed by atoms with Crippen LogP contribution in [0.4, 0.5) is 35.6 Å². The number of carboxylic acid groups (broad SMARTS) is 1. The molecule has 5 rings (SSSR count). The standard InChI is InChI=1S/C38H43F2N5O8S/c1-20-13-23(7-10-28(20)21(2)19-46)32(35(47)44(6)18-24-14-25(41)16-30(40)33(24)54(51,52)27-8-9-27)43-26-15-22-11-12-42-34(31(22)29(39)17-26)45(36(48)49)37(50)53-38(3,4)5/h7,10-17,21,27,32,43,46H,8-9,18-19,41H2,1-6H3,(H,48,49)/t21-,32?/m0/s1. The third-order valence-electron chi connectivity index (χ3n) is 8.94. The summed E-state index contributed by atoms with van der Waals surface area (Å²) in [6.07, 6.45) is -1.05. The second kappa shape index (κ2) is 15.2. The fraction of sp³-hybridized carbons (Fsp3) is 0.368. The van der Waals surface area contributed by atoms with E-state index in [4.69, 9.17) is 10.5 Å². The Morgan fingerprint density at radius 3 is 2.35 bits per heavy atom. The molecule has 54 heavy (non-hydrogen) atoms. The number of aromatic nitrogens is 1. The first-order valence-electron chi connectivity index (χ1n) is 17.1. The van der Waals surface area contributed by atoms with Gasteiger partial charge >= 0.3 is 12.2 Å². The van der Waals surface area contributed by atoms with Crippen molar-refractivity contribution in [2.24, 2.45) is 0 Å². The van der Waals surface area contributed by atoms with Crippen molar-refractivity contribution in [1.82, 2.24) is 9.88 Å². The van der Waals surface area contributed by atoms with E-state index in [9.17, 15) is 33.0 Å². The number of aliphatic hydroxyl groups is 1. The van der Waals surface area contributed by atoms with Crippen LogP contribution in [-0.4, -0.2) is 71.1 Å². The molecule has 3 aromatic carbocycles. The van der Waals surface area contributed by atoms with Crippen LogP contribution in [0.15, 0.2) is 59.6 Å². The second-order valence-electron chi connectivity index (χ2n) is 14.5. The molecule has 5 N–H and O–H groups in total. The first kappa shape index (κ1) is 39.8. The molecule has 0 saturated heterocycles. The number of aryl methyl sites for hydroxylation is 1. The Balaban J connectivity index is 1.57. The summed E-state index contributed by atoms with van der Waals surface area (Å²) in [6.45, 7) is 7.82. The van der Waals surface area contributed by atoms with Crippen LogP contribution in [0, 0.1) is 18.6 Å². The van der Waals surface area contributed by atoms with Crippen LogP contribution in [0.1, 0.15) is 74.8 Å². The number of nitrogens with one attached hydrogen (secondary N) is 1. The van der Waals surface area contributed by atoms with Crippen molar-refractivity contribution in [3.8, 4) is 0 Å². The maximum Gasteiger partial charge on any atom is 0.425 e. The first-order valence-corrected chi connectivity index (χ1v) is 18.7. The van der Waals surface area contributed by atoms with Crippen LogP contribution in [0.2, 0.25) is 0 Å². The highest BCUT2D eigenvalue weighted by Gasteiger charge is 2.40. The highest BCUT2D eigenvalue weighted by Crippen LogP contribution is 2.38. The third kappa shape index (κ3) is 8.39. The lowest BCUT2D eigenvalue weighted by atomic mass is 9.93. The monoisotopic (exact) mass is 767 g/mol. The Labute approximate surface area is 311 Å². The summed E-state index contributed by atoms with van der Waals surface area (Å²) < 4.78 is 63.1. The molecule has 1 saturated carbocycles. The largest absolute Gasteiger partial charge is 0.464 e. The molecule has 1 aromatic heterocycles. The Hall–Kier alpha value is -5.35. The number of pyridine rings is 1. The third-order valence-corrected chi connectivity index (χ3v) is 11.3. The van der Waals surface area contributed by atoms with Crippen molar-refractivity contribution in [3.05, 3.63) is 88.6 Å². The molecule has 1 aliphatic carbocycles. The predicted octanol–water partition coefficient (Wildman–Crippen LogP) is 6.67. The quantitative estimate of drug-likeness (QED) is 0.119. The van der Waals surface area contributed by atoms with E-state index in [0.29, 0.717) is 18.4 Å². The van der Waals surface area contributed by atoms with Gasteiger partial charge in [-0.05, 0) is 98.5 Å². The number of nitrogens with zero attached hydrogens (tertiary/aromatic N) is 3. The average Bonchev–Trinajstić information content (AvgIpc) is 3.92. The van der Waals surface area contributed by atoms with Gasteiger partial charge in [0.25, 0.3) is 0 Å². The molecule has 0 bridgehead atoms. The number of amides is 3. The summed E-state index contributed by atoms with van der Waals surface area (Å²) in [4.78, 5) is 44.4. The molecule has 1 fully saturated rings. The minimum Gasteiger partial charge on any atom is -0.464 e. The zero-order valence-corrected chi connectivity index (χ0v) is 31.5. The number of nitrogen functional groups attached to an aromatic ring is 1. The van der Waals surface area contributed by atoms with E-state index in [1.54, 1.807) is 39.0 Å². The average molecular weight is 768 g/mol. The first-order chi connectivity index (χ1) is 25.2. The van der Waals surface area contributed by atoms with E-state index >= 15 is 8.78 Å². The molecule has 0 radical (unpaired) electrons. The molecule has 2 atom stereocenters. The Morgan fingerprint density at radius 1 is 1.07 bits per heavy atom. The van der Waals surface area contributed by atoms with Gasteiger partial charge in [0.15, 0.2) is 15.7 Å². The molecule has 3 amide bonds. The van der Waals surface area contributed by atoms with Gasteiger partial charge in [0, 0.05) is 43.7 Å². The number of sulfone groups is 1. The number of likely N-dealkylation sites (N-methyl/N-ethyl adjacent to an activating group) is 1. The van der Waals surface area contributed by atoms with Crippen molar-refractivity contribution < 1.29 is 46.5 Å². The lowest BCUT2D eigenvalue weighted by Gasteiger charge is -2.28. The number of nitrogens with two attached hydrogens (primary N) is 1. The number of ether oxygens (including phenoxy) is 1. The summed E-state index contributed by atoms with van der Waals surface area (Å²) in [6, 6.07) is 10.1. The molecule has 16 heteroatoms. The maximum absolute atomic E-state index is 16.1. The number of hydrogen-bond acceptors (Lipinski definition) is 10.